The molecule has 0 spiro atoms. The molecule has 6 heteroatoms. The van der Waals surface area contributed by atoms with Crippen molar-refractivity contribution in [3.8, 4) is 0 Å². The number of quaternary nitrogens is 1. The van der Waals surface area contributed by atoms with Crippen LogP contribution in [-0.4, -0.2) is 49.1 Å². The molecular formula is C17H23NO4P+. The lowest BCUT2D eigenvalue weighted by Crippen LogP contribution is -2.62. The van der Waals surface area contributed by atoms with E-state index in [-0.39, 0.29) is 24.0 Å². The van der Waals surface area contributed by atoms with Gasteiger partial charge in [0.25, 0.3) is 7.37 Å². The number of hydrogen-bond acceptors (Lipinski definition) is 4. The molecule has 0 aromatic heterocycles. The van der Waals surface area contributed by atoms with E-state index in [1.807, 2.05) is 30.3 Å². The Morgan fingerprint density at radius 2 is 2.04 bits per heavy atom. The van der Waals surface area contributed by atoms with E-state index < -0.39 is 7.37 Å². The first-order chi connectivity index (χ1) is 11.0. The second-order valence-corrected chi connectivity index (χ2v) is 9.58. The van der Waals surface area contributed by atoms with Crippen LogP contribution >= 0.6 is 7.37 Å². The van der Waals surface area contributed by atoms with Crippen LogP contribution in [-0.2, 0) is 18.6 Å². The number of piperidine rings is 1. The maximum Gasteiger partial charge on any atom is 0.317 e. The average Bonchev–Trinajstić information content (AvgIpc) is 2.71. The van der Waals surface area contributed by atoms with Gasteiger partial charge in [0.2, 0.25) is 0 Å². The lowest BCUT2D eigenvalue weighted by Gasteiger charge is -2.45. The van der Waals surface area contributed by atoms with Crippen molar-refractivity contribution in [1.82, 2.24) is 0 Å². The molecule has 1 aromatic rings. The Labute approximate surface area is 136 Å². The topological polar surface area (TPSA) is 52.6 Å². The van der Waals surface area contributed by atoms with Crippen molar-refractivity contribution in [1.29, 1.82) is 0 Å². The molecule has 4 aliphatic rings. The summed E-state index contributed by atoms with van der Waals surface area (Å²) in [5.41, 5.74) is 0. The second kappa shape index (κ2) is 5.17. The largest absolute Gasteiger partial charge is 0.469 e. The maximum atomic E-state index is 13.7. The molecule has 2 unspecified atom stereocenters. The van der Waals surface area contributed by atoms with E-state index in [2.05, 4.69) is 7.05 Å². The van der Waals surface area contributed by atoms with E-state index in [9.17, 15) is 9.36 Å². The van der Waals surface area contributed by atoms with Crippen molar-refractivity contribution in [2.75, 3.05) is 20.4 Å². The zero-order valence-electron chi connectivity index (χ0n) is 13.6. The fourth-order valence-electron chi connectivity index (χ4n) is 5.02. The fourth-order valence-corrected chi connectivity index (χ4v) is 7.89. The number of hydrogen-bond donors (Lipinski definition) is 0. The maximum absolute atomic E-state index is 13.7. The van der Waals surface area contributed by atoms with Gasteiger partial charge in [0.05, 0.1) is 26.3 Å². The van der Waals surface area contributed by atoms with Crippen molar-refractivity contribution >= 4 is 18.6 Å². The summed E-state index contributed by atoms with van der Waals surface area (Å²) in [6.07, 6.45) is 3.04. The Hall–Kier alpha value is -1.16. The number of ether oxygens (including phenoxy) is 1. The third kappa shape index (κ3) is 2.14. The van der Waals surface area contributed by atoms with Gasteiger partial charge in [0, 0.05) is 24.6 Å². The first-order valence-electron chi connectivity index (χ1n) is 8.24. The van der Waals surface area contributed by atoms with Crippen LogP contribution in [0.15, 0.2) is 30.3 Å². The molecule has 0 N–H and O–H groups in total. The van der Waals surface area contributed by atoms with Crippen molar-refractivity contribution in [2.45, 2.75) is 37.5 Å². The van der Waals surface area contributed by atoms with Crippen molar-refractivity contribution in [2.24, 2.45) is 5.92 Å². The number of rotatable bonds is 2. The minimum atomic E-state index is -2.98. The normalized spacial score (nSPS) is 44.8. The lowest BCUT2D eigenvalue weighted by molar-refractivity contribution is -0.940. The van der Waals surface area contributed by atoms with E-state index in [0.29, 0.717) is 16.8 Å². The standard InChI is InChI=1S/C17H23NO4P/c1-18-11-23(20,13-6-4-3-5-7-13)22-15-10-12(18)8-9-14(18)16(15)17(19)21-2/h3-7,12,14-16H,8-11H2,1-2H3/q+1/t12-,14+,15-,16+,18?,23?/m0/s1. The van der Waals surface area contributed by atoms with E-state index in [4.69, 9.17) is 9.26 Å². The summed E-state index contributed by atoms with van der Waals surface area (Å²) in [7, 11) is 0.599. The summed E-state index contributed by atoms with van der Waals surface area (Å²) < 4.78 is 25.6. The molecule has 4 bridgehead atoms. The van der Waals surface area contributed by atoms with Crippen LogP contribution in [0, 0.1) is 5.92 Å². The second-order valence-electron chi connectivity index (χ2n) is 7.22. The minimum absolute atomic E-state index is 0.158. The van der Waals surface area contributed by atoms with Crippen molar-refractivity contribution in [3.05, 3.63) is 30.3 Å². The molecule has 0 radical (unpaired) electrons. The van der Waals surface area contributed by atoms with Crippen molar-refractivity contribution < 1.29 is 23.1 Å². The van der Waals surface area contributed by atoms with Crippen LogP contribution in [0.25, 0.3) is 0 Å². The van der Waals surface area contributed by atoms with Crippen molar-refractivity contribution in [3.63, 3.8) is 0 Å². The van der Waals surface area contributed by atoms with Gasteiger partial charge >= 0.3 is 5.97 Å². The number of esters is 1. The van der Waals surface area contributed by atoms with Gasteiger partial charge in [0.1, 0.15) is 12.0 Å². The molecule has 5 nitrogen and oxygen atoms in total. The van der Waals surface area contributed by atoms with Gasteiger partial charge in [-0.1, -0.05) is 18.2 Å². The number of carbonyl (C=O) groups excluding carboxylic acids is 1. The summed E-state index contributed by atoms with van der Waals surface area (Å²) in [5.74, 6) is -0.519. The Bertz CT molecular complexity index is 678. The highest BCUT2D eigenvalue weighted by Crippen LogP contribution is 2.61. The molecule has 124 valence electrons. The molecule has 4 saturated heterocycles. The zero-order valence-corrected chi connectivity index (χ0v) is 14.4. The highest BCUT2D eigenvalue weighted by Gasteiger charge is 2.65. The van der Waals surface area contributed by atoms with Gasteiger partial charge < -0.3 is 13.7 Å². The predicted octanol–water partition coefficient (Wildman–Crippen LogP) is 2.12. The highest BCUT2D eigenvalue weighted by molar-refractivity contribution is 7.66. The van der Waals surface area contributed by atoms with Gasteiger partial charge in [-0.2, -0.15) is 0 Å². The van der Waals surface area contributed by atoms with E-state index >= 15 is 0 Å². The van der Waals surface area contributed by atoms with Gasteiger partial charge in [0.15, 0.2) is 6.29 Å². The first kappa shape index (κ1) is 15.4. The molecular weight excluding hydrogens is 313 g/mol. The molecule has 23 heavy (non-hydrogen) atoms. The van der Waals surface area contributed by atoms with Crippen LogP contribution < -0.4 is 5.30 Å². The van der Waals surface area contributed by atoms with Gasteiger partial charge in [-0.25, -0.2) is 0 Å². The molecule has 0 amide bonds. The van der Waals surface area contributed by atoms with Crippen LogP contribution in [0.3, 0.4) is 0 Å². The lowest BCUT2D eigenvalue weighted by atomic mass is 9.86. The Morgan fingerprint density at radius 3 is 2.74 bits per heavy atom. The summed E-state index contributed by atoms with van der Waals surface area (Å²) in [5, 5.41) is 0.765. The van der Waals surface area contributed by atoms with Crippen LogP contribution in [0.4, 0.5) is 0 Å². The Kier molecular flexibility index (Phi) is 3.45. The van der Waals surface area contributed by atoms with E-state index in [0.717, 1.165) is 24.6 Å². The first-order valence-corrected chi connectivity index (χ1v) is 10.0. The smallest absolute Gasteiger partial charge is 0.317 e. The van der Waals surface area contributed by atoms with Crippen LogP contribution in [0.2, 0.25) is 0 Å². The number of carbonyl (C=O) groups is 1. The summed E-state index contributed by atoms with van der Waals surface area (Å²) in [6, 6.07) is 10.1. The quantitative estimate of drug-likeness (QED) is 0.472. The SMILES string of the molecule is COC(=O)[C@H]1[C@@H]2C[C@@H]3CC[C@H]1[N+]3(C)CP(=O)(c1ccccc1)O2. The van der Waals surface area contributed by atoms with E-state index in [1.54, 1.807) is 0 Å². The zero-order chi connectivity index (χ0) is 16.2. The summed E-state index contributed by atoms with van der Waals surface area (Å²) in [6.45, 7) is 0. The Morgan fingerprint density at radius 1 is 1.30 bits per heavy atom. The highest BCUT2D eigenvalue weighted by atomic mass is 31.2. The summed E-state index contributed by atoms with van der Waals surface area (Å²) >= 11 is 0. The third-order valence-electron chi connectivity index (χ3n) is 6.13. The Balaban J connectivity index is 1.81. The molecule has 6 atom stereocenters. The summed E-state index contributed by atoms with van der Waals surface area (Å²) in [4.78, 5) is 12.4. The third-order valence-corrected chi connectivity index (χ3v) is 8.80. The fraction of sp³-hybridized carbons (Fsp3) is 0.588. The number of fused-ring (bicyclic) bond motifs is 2. The van der Waals surface area contributed by atoms with Gasteiger partial charge in [-0.05, 0) is 12.1 Å². The molecule has 1 aromatic carbocycles. The molecule has 5 rings (SSSR count). The number of benzene rings is 1. The number of nitrogens with zero attached hydrogens (tertiary/aromatic N) is 1. The predicted molar refractivity (Wildman–Crippen MR) is 86.5 cm³/mol. The molecule has 0 aliphatic carbocycles. The van der Waals surface area contributed by atoms with Gasteiger partial charge in [-0.15, -0.1) is 0 Å². The molecule has 4 fully saturated rings. The monoisotopic (exact) mass is 336 g/mol. The van der Waals surface area contributed by atoms with E-state index in [1.165, 1.54) is 7.11 Å². The van der Waals surface area contributed by atoms with Gasteiger partial charge in [-0.3, -0.25) is 9.36 Å². The molecule has 4 aliphatic heterocycles. The minimum Gasteiger partial charge on any atom is -0.469 e. The average molecular weight is 336 g/mol. The molecule has 4 heterocycles. The van der Waals surface area contributed by atoms with Crippen LogP contribution in [0.1, 0.15) is 19.3 Å². The molecule has 0 saturated carbocycles. The van der Waals surface area contributed by atoms with Crippen LogP contribution in [0.5, 0.6) is 0 Å². The number of methoxy groups -OCH3 is 1.